The van der Waals surface area contributed by atoms with Gasteiger partial charge in [-0.05, 0) is 17.5 Å². The van der Waals surface area contributed by atoms with Crippen LogP contribution in [0.2, 0.25) is 0 Å². The summed E-state index contributed by atoms with van der Waals surface area (Å²) in [4.78, 5) is 2.41. The van der Waals surface area contributed by atoms with Gasteiger partial charge in [-0.15, -0.1) is 0 Å². The predicted octanol–water partition coefficient (Wildman–Crippen LogP) is 2.49. The second-order valence-corrected chi connectivity index (χ2v) is 5.99. The second-order valence-electron chi connectivity index (χ2n) is 4.76. The van der Waals surface area contributed by atoms with E-state index in [1.54, 1.807) is 0 Å². The number of thioether (sulfide) groups is 1. The van der Waals surface area contributed by atoms with E-state index in [0.717, 1.165) is 40.9 Å². The van der Waals surface area contributed by atoms with Crippen molar-refractivity contribution in [3.63, 3.8) is 0 Å². The van der Waals surface area contributed by atoms with E-state index < -0.39 is 0 Å². The number of nitrogens with zero attached hydrogens (tertiary/aromatic N) is 2. The molecule has 0 unspecified atom stereocenters. The molecule has 1 aliphatic heterocycles. The van der Waals surface area contributed by atoms with Gasteiger partial charge in [-0.25, -0.2) is 0 Å². The molecule has 0 radical (unpaired) electrons. The van der Waals surface area contributed by atoms with Gasteiger partial charge in [0.2, 0.25) is 0 Å². The van der Waals surface area contributed by atoms with Crippen LogP contribution in [0.1, 0.15) is 5.56 Å². The van der Waals surface area contributed by atoms with Gasteiger partial charge in [-0.3, -0.25) is 0 Å². The lowest BCUT2D eigenvalue weighted by molar-refractivity contribution is 0.318. The van der Waals surface area contributed by atoms with Crippen LogP contribution in [0.15, 0.2) is 41.6 Å². The maximum Gasteiger partial charge on any atom is 0.170 e. The van der Waals surface area contributed by atoms with E-state index in [1.807, 2.05) is 36.0 Å². The fourth-order valence-corrected chi connectivity index (χ4v) is 3.54. The van der Waals surface area contributed by atoms with Crippen molar-refractivity contribution in [2.24, 2.45) is 10.9 Å². The van der Waals surface area contributed by atoms with Gasteiger partial charge in [0.15, 0.2) is 5.84 Å². The number of fused-ring (bicyclic) bond motifs is 1. The molecule has 4 nitrogen and oxygen atoms in total. The zero-order valence-corrected chi connectivity index (χ0v) is 11.9. The van der Waals surface area contributed by atoms with E-state index in [9.17, 15) is 0 Å². The molecule has 1 saturated heterocycles. The smallest absolute Gasteiger partial charge is 0.170 e. The van der Waals surface area contributed by atoms with Gasteiger partial charge in [0.25, 0.3) is 0 Å². The predicted molar refractivity (Wildman–Crippen MR) is 86.0 cm³/mol. The van der Waals surface area contributed by atoms with Gasteiger partial charge in [0.1, 0.15) is 0 Å². The Labute approximate surface area is 122 Å². The minimum absolute atomic E-state index is 0.155. The fourth-order valence-electron chi connectivity index (χ4n) is 2.64. The topological polar surface area (TPSA) is 61.9 Å². The van der Waals surface area contributed by atoms with Crippen molar-refractivity contribution in [3.8, 4) is 0 Å². The van der Waals surface area contributed by atoms with Crippen molar-refractivity contribution in [3.05, 3.63) is 42.0 Å². The molecule has 3 N–H and O–H groups in total. The van der Waals surface area contributed by atoms with E-state index >= 15 is 0 Å². The van der Waals surface area contributed by atoms with Crippen molar-refractivity contribution < 1.29 is 5.21 Å². The molecule has 0 spiro atoms. The molecule has 0 aliphatic carbocycles. The molecule has 1 heterocycles. The van der Waals surface area contributed by atoms with Crippen LogP contribution in [-0.4, -0.2) is 35.6 Å². The Morgan fingerprint density at radius 2 is 1.80 bits per heavy atom. The molecule has 0 saturated carbocycles. The highest BCUT2D eigenvalue weighted by molar-refractivity contribution is 7.99. The Morgan fingerprint density at radius 3 is 2.50 bits per heavy atom. The Kier molecular flexibility index (Phi) is 3.69. The summed E-state index contributed by atoms with van der Waals surface area (Å²) in [7, 11) is 0. The van der Waals surface area contributed by atoms with Gasteiger partial charge in [-0.2, -0.15) is 11.8 Å². The first-order chi connectivity index (χ1) is 9.81. The highest BCUT2D eigenvalue weighted by Crippen LogP contribution is 2.31. The highest BCUT2D eigenvalue weighted by Gasteiger charge is 2.15. The summed E-state index contributed by atoms with van der Waals surface area (Å²) < 4.78 is 0. The molecule has 1 aliphatic rings. The van der Waals surface area contributed by atoms with Gasteiger partial charge in [0, 0.05) is 41.2 Å². The molecule has 3 rings (SSSR count). The standard InChI is InChI=1S/C15H17N3OS/c16-15(17-19)13-5-6-14(18-7-9-20-10-8-18)12-4-2-1-3-11(12)13/h1-6,19H,7-10H2,(H2,16,17). The van der Waals surface area contributed by atoms with Crippen molar-refractivity contribution in [2.75, 3.05) is 29.5 Å². The number of nitrogens with two attached hydrogens (primary N) is 1. The van der Waals surface area contributed by atoms with Gasteiger partial charge < -0.3 is 15.8 Å². The maximum atomic E-state index is 8.92. The van der Waals surface area contributed by atoms with E-state index in [4.69, 9.17) is 10.9 Å². The summed E-state index contributed by atoms with van der Waals surface area (Å²) >= 11 is 2.00. The molecule has 5 heteroatoms. The Hall–Kier alpha value is -1.88. The van der Waals surface area contributed by atoms with E-state index in [-0.39, 0.29) is 5.84 Å². The van der Waals surface area contributed by atoms with E-state index in [1.165, 1.54) is 5.69 Å². The van der Waals surface area contributed by atoms with Crippen LogP contribution in [0.3, 0.4) is 0 Å². The highest BCUT2D eigenvalue weighted by atomic mass is 32.2. The average molecular weight is 287 g/mol. The van der Waals surface area contributed by atoms with E-state index in [2.05, 4.69) is 22.2 Å². The number of oxime groups is 1. The SMILES string of the molecule is N/C(=N/O)c1ccc(N2CCSCC2)c2ccccc12. The lowest BCUT2D eigenvalue weighted by Gasteiger charge is -2.30. The lowest BCUT2D eigenvalue weighted by atomic mass is 10.0. The third-order valence-corrected chi connectivity index (χ3v) is 4.58. The summed E-state index contributed by atoms with van der Waals surface area (Å²) in [6.07, 6.45) is 0. The molecule has 0 bridgehead atoms. The largest absolute Gasteiger partial charge is 0.409 e. The van der Waals surface area contributed by atoms with Crippen molar-refractivity contribution in [2.45, 2.75) is 0 Å². The number of benzene rings is 2. The summed E-state index contributed by atoms with van der Waals surface area (Å²) in [5.41, 5.74) is 7.78. The Morgan fingerprint density at radius 1 is 1.10 bits per heavy atom. The molecule has 0 amide bonds. The number of anilines is 1. The molecular formula is C15H17N3OS. The van der Waals surface area contributed by atoms with Crippen molar-refractivity contribution in [1.82, 2.24) is 0 Å². The van der Waals surface area contributed by atoms with Crippen LogP contribution < -0.4 is 10.6 Å². The fraction of sp³-hybridized carbons (Fsp3) is 0.267. The third-order valence-electron chi connectivity index (χ3n) is 3.64. The maximum absolute atomic E-state index is 8.92. The number of hydrogen-bond acceptors (Lipinski definition) is 4. The van der Waals surface area contributed by atoms with Gasteiger partial charge in [0.05, 0.1) is 0 Å². The number of amidine groups is 1. The van der Waals surface area contributed by atoms with Crippen molar-refractivity contribution >= 4 is 34.1 Å². The molecule has 104 valence electrons. The minimum atomic E-state index is 0.155. The average Bonchev–Trinajstić information content (AvgIpc) is 2.54. The molecular weight excluding hydrogens is 270 g/mol. The van der Waals surface area contributed by atoms with Crippen LogP contribution in [0.4, 0.5) is 5.69 Å². The Bertz CT molecular complexity index is 651. The van der Waals surface area contributed by atoms with Crippen LogP contribution in [0.5, 0.6) is 0 Å². The first-order valence-corrected chi connectivity index (χ1v) is 7.79. The van der Waals surface area contributed by atoms with Crippen LogP contribution >= 0.6 is 11.8 Å². The summed E-state index contributed by atoms with van der Waals surface area (Å²) in [5, 5.41) is 14.2. The molecule has 2 aromatic carbocycles. The number of hydrogen-bond donors (Lipinski definition) is 2. The van der Waals surface area contributed by atoms with Crippen LogP contribution in [0, 0.1) is 0 Å². The quantitative estimate of drug-likeness (QED) is 0.385. The molecule has 2 aromatic rings. The van der Waals surface area contributed by atoms with E-state index in [0.29, 0.717) is 0 Å². The van der Waals surface area contributed by atoms with Crippen LogP contribution in [-0.2, 0) is 0 Å². The third kappa shape index (κ3) is 2.29. The van der Waals surface area contributed by atoms with Gasteiger partial charge in [-0.1, -0.05) is 29.4 Å². The molecule has 0 aromatic heterocycles. The second kappa shape index (κ2) is 5.63. The zero-order valence-electron chi connectivity index (χ0n) is 11.1. The normalized spacial score (nSPS) is 16.6. The lowest BCUT2D eigenvalue weighted by Crippen LogP contribution is -2.32. The molecule has 0 atom stereocenters. The zero-order chi connectivity index (χ0) is 13.9. The molecule has 1 fully saturated rings. The summed E-state index contributed by atoms with van der Waals surface area (Å²) in [5.74, 6) is 2.48. The van der Waals surface area contributed by atoms with Crippen molar-refractivity contribution in [1.29, 1.82) is 0 Å². The summed E-state index contributed by atoms with van der Waals surface area (Å²) in [6.45, 7) is 2.13. The van der Waals surface area contributed by atoms with Gasteiger partial charge >= 0.3 is 0 Å². The first-order valence-electron chi connectivity index (χ1n) is 6.63. The molecule has 20 heavy (non-hydrogen) atoms. The first kappa shape index (κ1) is 13.1. The number of rotatable bonds is 2. The van der Waals surface area contributed by atoms with Crippen LogP contribution in [0.25, 0.3) is 10.8 Å². The Balaban J connectivity index is 2.15. The summed E-state index contributed by atoms with van der Waals surface area (Å²) in [6, 6.07) is 12.1. The minimum Gasteiger partial charge on any atom is -0.409 e. The monoisotopic (exact) mass is 287 g/mol.